The molecule has 0 aromatic heterocycles. The number of nitrogens with zero attached hydrogens (tertiary/aromatic N) is 1. The van der Waals surface area contributed by atoms with Crippen molar-refractivity contribution in [1.82, 2.24) is 5.43 Å². The number of carbonyl (C=O) groups is 1. The number of hydrogen-bond acceptors (Lipinski definition) is 4. The van der Waals surface area contributed by atoms with Crippen molar-refractivity contribution in [3.8, 4) is 11.5 Å². The first-order chi connectivity index (χ1) is 10.3. The maximum absolute atomic E-state index is 11.6. The van der Waals surface area contributed by atoms with Crippen LogP contribution < -0.4 is 20.2 Å². The molecule has 2 N–H and O–H groups in total. The number of fused-ring (bicyclic) bond motifs is 1. The van der Waals surface area contributed by atoms with Crippen LogP contribution in [0.4, 0.5) is 10.5 Å². The number of anilines is 1. The quantitative estimate of drug-likeness (QED) is 0.671. The number of hydrogen-bond donors (Lipinski definition) is 2. The van der Waals surface area contributed by atoms with Crippen LogP contribution in [-0.4, -0.2) is 19.0 Å². The molecule has 0 saturated carbocycles. The van der Waals surface area contributed by atoms with Crippen LogP contribution in [-0.2, 0) is 0 Å². The minimum absolute atomic E-state index is 0.230. The van der Waals surface area contributed by atoms with Gasteiger partial charge in [0, 0.05) is 5.69 Å². The van der Waals surface area contributed by atoms with E-state index in [1.54, 1.807) is 24.3 Å². The van der Waals surface area contributed by atoms with Gasteiger partial charge in [0.15, 0.2) is 11.5 Å². The lowest BCUT2D eigenvalue weighted by atomic mass is 10.2. The summed E-state index contributed by atoms with van der Waals surface area (Å²) >= 11 is 0. The molecule has 0 bridgehead atoms. The van der Waals surface area contributed by atoms with Crippen molar-refractivity contribution in [2.75, 3.05) is 12.1 Å². The van der Waals surface area contributed by atoms with E-state index in [9.17, 15) is 4.79 Å². The molecular formula is C15H13N3O3. The number of hydrazone groups is 1. The number of urea groups is 1. The summed E-state index contributed by atoms with van der Waals surface area (Å²) in [5, 5.41) is 6.54. The van der Waals surface area contributed by atoms with Gasteiger partial charge >= 0.3 is 6.03 Å². The zero-order valence-corrected chi connectivity index (χ0v) is 11.1. The summed E-state index contributed by atoms with van der Waals surface area (Å²) < 4.78 is 10.5. The molecular weight excluding hydrogens is 270 g/mol. The van der Waals surface area contributed by atoms with Crippen LogP contribution in [0.5, 0.6) is 11.5 Å². The molecule has 6 nitrogen and oxygen atoms in total. The predicted octanol–water partition coefficient (Wildman–Crippen LogP) is 2.57. The van der Waals surface area contributed by atoms with Crippen molar-refractivity contribution >= 4 is 17.9 Å². The molecule has 2 aromatic rings. The average molecular weight is 283 g/mol. The van der Waals surface area contributed by atoms with Gasteiger partial charge in [0.2, 0.25) is 6.79 Å². The van der Waals surface area contributed by atoms with E-state index in [0.717, 1.165) is 5.56 Å². The molecule has 0 atom stereocenters. The Labute approximate surface area is 121 Å². The third kappa shape index (κ3) is 3.30. The number of amides is 2. The van der Waals surface area contributed by atoms with Gasteiger partial charge in [-0.1, -0.05) is 18.2 Å². The second-order valence-electron chi connectivity index (χ2n) is 4.30. The Bertz CT molecular complexity index is 671. The highest BCUT2D eigenvalue weighted by atomic mass is 16.7. The van der Waals surface area contributed by atoms with Crippen LogP contribution in [0.1, 0.15) is 5.56 Å². The highest BCUT2D eigenvalue weighted by Gasteiger charge is 2.12. The summed E-state index contributed by atoms with van der Waals surface area (Å²) in [5.74, 6) is 1.38. The van der Waals surface area contributed by atoms with Gasteiger partial charge in [-0.3, -0.25) is 0 Å². The Morgan fingerprint density at radius 3 is 2.76 bits per heavy atom. The molecule has 1 aliphatic heterocycles. The maximum atomic E-state index is 11.6. The molecule has 0 unspecified atom stereocenters. The van der Waals surface area contributed by atoms with E-state index in [-0.39, 0.29) is 6.79 Å². The molecule has 0 radical (unpaired) electrons. The largest absolute Gasteiger partial charge is 0.454 e. The minimum Gasteiger partial charge on any atom is -0.454 e. The van der Waals surface area contributed by atoms with Gasteiger partial charge < -0.3 is 14.8 Å². The van der Waals surface area contributed by atoms with Gasteiger partial charge in [-0.2, -0.15) is 5.10 Å². The zero-order valence-electron chi connectivity index (χ0n) is 11.1. The van der Waals surface area contributed by atoms with Crippen LogP contribution in [0, 0.1) is 0 Å². The standard InChI is InChI=1S/C15H13N3O3/c19-15(17-12-4-2-1-3-5-12)18-16-9-11-6-7-13-14(8-11)21-10-20-13/h1-9H,10H2,(H2,17,18,19). The molecule has 0 saturated heterocycles. The lowest BCUT2D eigenvalue weighted by molar-refractivity contribution is 0.174. The third-order valence-corrected chi connectivity index (χ3v) is 2.81. The van der Waals surface area contributed by atoms with Crippen molar-refractivity contribution in [3.63, 3.8) is 0 Å². The highest BCUT2D eigenvalue weighted by molar-refractivity contribution is 5.90. The van der Waals surface area contributed by atoms with Gasteiger partial charge in [0.1, 0.15) is 0 Å². The SMILES string of the molecule is O=C(NN=Cc1ccc2c(c1)OCO2)Nc1ccccc1. The van der Waals surface area contributed by atoms with Crippen molar-refractivity contribution in [3.05, 3.63) is 54.1 Å². The first kappa shape index (κ1) is 13.0. The Balaban J connectivity index is 1.56. The van der Waals surface area contributed by atoms with Gasteiger partial charge in [-0.05, 0) is 35.9 Å². The molecule has 106 valence electrons. The topological polar surface area (TPSA) is 72.0 Å². The minimum atomic E-state index is -0.404. The van der Waals surface area contributed by atoms with E-state index in [2.05, 4.69) is 15.8 Å². The Kier molecular flexibility index (Phi) is 3.68. The predicted molar refractivity (Wildman–Crippen MR) is 78.8 cm³/mol. The van der Waals surface area contributed by atoms with E-state index in [1.807, 2.05) is 24.3 Å². The zero-order chi connectivity index (χ0) is 14.5. The van der Waals surface area contributed by atoms with Crippen LogP contribution in [0.15, 0.2) is 53.6 Å². The summed E-state index contributed by atoms with van der Waals surface area (Å²) in [4.78, 5) is 11.6. The fourth-order valence-electron chi connectivity index (χ4n) is 1.84. The second kappa shape index (κ2) is 5.96. The Morgan fingerprint density at radius 2 is 1.90 bits per heavy atom. The normalized spacial score (nSPS) is 12.4. The molecule has 6 heteroatoms. The first-order valence-corrected chi connectivity index (χ1v) is 6.36. The van der Waals surface area contributed by atoms with Gasteiger partial charge in [-0.15, -0.1) is 0 Å². The molecule has 1 heterocycles. The van der Waals surface area contributed by atoms with Crippen LogP contribution in [0.3, 0.4) is 0 Å². The maximum Gasteiger partial charge on any atom is 0.339 e. The van der Waals surface area contributed by atoms with Crippen molar-refractivity contribution in [2.24, 2.45) is 5.10 Å². The smallest absolute Gasteiger partial charge is 0.339 e. The van der Waals surface area contributed by atoms with Crippen molar-refractivity contribution in [1.29, 1.82) is 0 Å². The van der Waals surface area contributed by atoms with E-state index in [4.69, 9.17) is 9.47 Å². The second-order valence-corrected chi connectivity index (χ2v) is 4.30. The number of nitrogens with one attached hydrogen (secondary N) is 2. The lowest BCUT2D eigenvalue weighted by Gasteiger charge is -2.03. The fraction of sp³-hybridized carbons (Fsp3) is 0.0667. The third-order valence-electron chi connectivity index (χ3n) is 2.81. The number of para-hydroxylation sites is 1. The first-order valence-electron chi connectivity index (χ1n) is 6.36. The molecule has 1 aliphatic rings. The monoisotopic (exact) mass is 283 g/mol. The van der Waals surface area contributed by atoms with Crippen molar-refractivity contribution in [2.45, 2.75) is 0 Å². The number of benzene rings is 2. The Morgan fingerprint density at radius 1 is 1.10 bits per heavy atom. The highest BCUT2D eigenvalue weighted by Crippen LogP contribution is 2.31. The van der Waals surface area contributed by atoms with Crippen LogP contribution in [0.25, 0.3) is 0 Å². The summed E-state index contributed by atoms with van der Waals surface area (Å²) in [6.07, 6.45) is 1.53. The molecule has 3 rings (SSSR count). The van der Waals surface area contributed by atoms with Crippen LogP contribution in [0.2, 0.25) is 0 Å². The summed E-state index contributed by atoms with van der Waals surface area (Å²) in [6, 6.07) is 14.2. The summed E-state index contributed by atoms with van der Waals surface area (Å²) in [6.45, 7) is 0.230. The molecule has 2 aromatic carbocycles. The molecule has 21 heavy (non-hydrogen) atoms. The molecule has 0 fully saturated rings. The van der Waals surface area contributed by atoms with E-state index in [0.29, 0.717) is 17.2 Å². The van der Waals surface area contributed by atoms with Gasteiger partial charge in [0.25, 0.3) is 0 Å². The number of rotatable bonds is 3. The molecule has 0 spiro atoms. The number of ether oxygens (including phenoxy) is 2. The molecule has 0 aliphatic carbocycles. The van der Waals surface area contributed by atoms with E-state index < -0.39 is 6.03 Å². The molecule has 2 amide bonds. The van der Waals surface area contributed by atoms with Gasteiger partial charge in [0.05, 0.1) is 6.21 Å². The van der Waals surface area contributed by atoms with E-state index >= 15 is 0 Å². The Hall–Kier alpha value is -3.02. The van der Waals surface area contributed by atoms with Crippen LogP contribution >= 0.6 is 0 Å². The summed E-state index contributed by atoms with van der Waals surface area (Å²) in [7, 11) is 0. The number of carbonyl (C=O) groups excluding carboxylic acids is 1. The lowest BCUT2D eigenvalue weighted by Crippen LogP contribution is -2.24. The average Bonchev–Trinajstić information content (AvgIpc) is 2.96. The fourth-order valence-corrected chi connectivity index (χ4v) is 1.84. The van der Waals surface area contributed by atoms with Gasteiger partial charge in [-0.25, -0.2) is 10.2 Å². The van der Waals surface area contributed by atoms with Crippen molar-refractivity contribution < 1.29 is 14.3 Å². The summed E-state index contributed by atoms with van der Waals surface area (Å²) in [5.41, 5.74) is 3.90. The van der Waals surface area contributed by atoms with E-state index in [1.165, 1.54) is 6.21 Å².